The molecule has 0 aliphatic heterocycles. The molecule has 1 atom stereocenters. The maximum absolute atomic E-state index is 11.9. The molecule has 2 aromatic rings. The number of nitrogens with one attached hydrogen (secondary N) is 1. The lowest BCUT2D eigenvalue weighted by molar-refractivity contribution is 0.588. The van der Waals surface area contributed by atoms with Gasteiger partial charge in [0.05, 0.1) is 6.26 Å². The first-order valence-electron chi connectivity index (χ1n) is 6.40. The topological polar surface area (TPSA) is 62.9 Å². The maximum atomic E-state index is 11.9. The lowest BCUT2D eigenvalue weighted by Gasteiger charge is -2.24. The Bertz CT molecular complexity index is 770. The van der Waals surface area contributed by atoms with Crippen molar-refractivity contribution in [2.75, 3.05) is 6.26 Å². The number of aryl methyl sites for hydroxylation is 1. The van der Waals surface area contributed by atoms with Crippen LogP contribution in [0.4, 0.5) is 0 Å². The first-order valence-corrected chi connectivity index (χ1v) is 9.13. The second-order valence-corrected chi connectivity index (χ2v) is 8.13. The zero-order valence-corrected chi connectivity index (χ0v) is 13.0. The molecule has 0 aromatic carbocycles. The largest absolute Gasteiger partial charge is 0.305 e. The van der Waals surface area contributed by atoms with Crippen LogP contribution in [0.3, 0.4) is 0 Å². The predicted octanol–water partition coefficient (Wildman–Crippen LogP) is 2.76. The van der Waals surface area contributed by atoms with Gasteiger partial charge in [0.1, 0.15) is 0 Å². The first kappa shape index (κ1) is 13.6. The van der Waals surface area contributed by atoms with Gasteiger partial charge in [-0.25, -0.2) is 12.4 Å². The third kappa shape index (κ3) is 2.13. The molecule has 20 heavy (non-hydrogen) atoms. The van der Waals surface area contributed by atoms with E-state index in [4.69, 9.17) is 5.41 Å². The summed E-state index contributed by atoms with van der Waals surface area (Å²) in [4.78, 5) is 1.22. The van der Waals surface area contributed by atoms with Gasteiger partial charge in [0.25, 0.3) is 0 Å². The van der Waals surface area contributed by atoms with Crippen LogP contribution in [0.1, 0.15) is 34.0 Å². The highest BCUT2D eigenvalue weighted by Gasteiger charge is 2.30. The third-order valence-electron chi connectivity index (χ3n) is 3.75. The number of fused-ring (bicyclic) bond motifs is 1. The van der Waals surface area contributed by atoms with Gasteiger partial charge in [-0.1, -0.05) is 6.07 Å². The van der Waals surface area contributed by atoms with Crippen LogP contribution in [0.5, 0.6) is 0 Å². The van der Waals surface area contributed by atoms with Crippen LogP contribution >= 0.6 is 11.3 Å². The molecule has 0 spiro atoms. The molecule has 2 heterocycles. The Morgan fingerprint density at radius 2 is 2.15 bits per heavy atom. The van der Waals surface area contributed by atoms with Crippen LogP contribution in [0.2, 0.25) is 0 Å². The second-order valence-electron chi connectivity index (χ2n) is 5.29. The summed E-state index contributed by atoms with van der Waals surface area (Å²) >= 11 is 1.67. The monoisotopic (exact) mass is 308 g/mol. The van der Waals surface area contributed by atoms with Crippen molar-refractivity contribution in [3.63, 3.8) is 0 Å². The molecule has 4 nitrogen and oxygen atoms in total. The van der Waals surface area contributed by atoms with E-state index in [0.29, 0.717) is 18.6 Å². The van der Waals surface area contributed by atoms with Gasteiger partial charge >= 0.3 is 0 Å². The Morgan fingerprint density at radius 1 is 1.40 bits per heavy atom. The zero-order valence-electron chi connectivity index (χ0n) is 11.4. The van der Waals surface area contributed by atoms with Crippen LogP contribution in [0.15, 0.2) is 23.7 Å². The molecule has 0 fully saturated rings. The SMILES string of the molecule is Cc1cn(S(C)(=O)=O)c2c1C(=N)CC(c1cccs1)C2. The molecule has 106 valence electrons. The van der Waals surface area contributed by atoms with E-state index in [-0.39, 0.29) is 5.92 Å². The van der Waals surface area contributed by atoms with Gasteiger partial charge in [0, 0.05) is 34.0 Å². The summed E-state index contributed by atoms with van der Waals surface area (Å²) in [6, 6.07) is 4.06. The molecule has 0 saturated heterocycles. The van der Waals surface area contributed by atoms with Gasteiger partial charge in [0.15, 0.2) is 0 Å². The van der Waals surface area contributed by atoms with Crippen molar-refractivity contribution < 1.29 is 8.42 Å². The summed E-state index contributed by atoms with van der Waals surface area (Å²) in [5.41, 5.74) is 3.01. The van der Waals surface area contributed by atoms with Crippen LogP contribution in [0, 0.1) is 12.3 Å². The van der Waals surface area contributed by atoms with E-state index in [9.17, 15) is 8.42 Å². The summed E-state index contributed by atoms with van der Waals surface area (Å²) in [5, 5.41) is 10.3. The normalized spacial score (nSPS) is 19.1. The average molecular weight is 308 g/mol. The molecule has 2 aromatic heterocycles. The van der Waals surface area contributed by atoms with Crippen molar-refractivity contribution in [2.24, 2.45) is 0 Å². The molecular weight excluding hydrogens is 292 g/mol. The number of aromatic nitrogens is 1. The van der Waals surface area contributed by atoms with Crippen LogP contribution in [-0.4, -0.2) is 24.4 Å². The van der Waals surface area contributed by atoms with Crippen molar-refractivity contribution >= 4 is 27.1 Å². The van der Waals surface area contributed by atoms with Crippen LogP contribution in [0.25, 0.3) is 0 Å². The van der Waals surface area contributed by atoms with E-state index in [1.54, 1.807) is 17.5 Å². The second kappa shape index (κ2) is 4.56. The quantitative estimate of drug-likeness (QED) is 0.927. The fourth-order valence-corrected chi connectivity index (χ4v) is 4.68. The zero-order chi connectivity index (χ0) is 14.5. The summed E-state index contributed by atoms with van der Waals surface area (Å²) < 4.78 is 25.2. The number of nitrogens with zero attached hydrogens (tertiary/aromatic N) is 1. The predicted molar refractivity (Wildman–Crippen MR) is 81.6 cm³/mol. The number of hydrogen-bond donors (Lipinski definition) is 1. The third-order valence-corrected chi connectivity index (χ3v) is 5.83. The lowest BCUT2D eigenvalue weighted by atomic mass is 9.84. The molecule has 6 heteroatoms. The molecular formula is C14H16N2O2S2. The maximum Gasteiger partial charge on any atom is 0.235 e. The molecule has 0 amide bonds. The van der Waals surface area contributed by atoms with Crippen LogP contribution in [-0.2, 0) is 16.4 Å². The molecule has 1 unspecified atom stereocenters. The van der Waals surface area contributed by atoms with Gasteiger partial charge in [0.2, 0.25) is 10.0 Å². The van der Waals surface area contributed by atoms with Gasteiger partial charge < -0.3 is 5.41 Å². The van der Waals surface area contributed by atoms with Gasteiger partial charge in [-0.2, -0.15) is 0 Å². The van der Waals surface area contributed by atoms with Gasteiger partial charge in [-0.3, -0.25) is 0 Å². The van der Waals surface area contributed by atoms with Crippen molar-refractivity contribution in [3.8, 4) is 0 Å². The Balaban J connectivity index is 2.13. The molecule has 1 N–H and O–H groups in total. The number of thiophene rings is 1. The van der Waals surface area contributed by atoms with E-state index < -0.39 is 10.0 Å². The van der Waals surface area contributed by atoms with E-state index in [0.717, 1.165) is 16.8 Å². The average Bonchev–Trinajstić information content (AvgIpc) is 2.95. The van der Waals surface area contributed by atoms with Gasteiger partial charge in [-0.05, 0) is 36.8 Å². The standard InChI is InChI=1S/C14H16N2O2S2/c1-9-8-16(20(2,17)18)12-7-10(6-11(15)14(9)12)13-4-3-5-19-13/h3-5,8,10,15H,6-7H2,1-2H3. The molecule has 3 rings (SSSR count). The van der Waals surface area contributed by atoms with Crippen molar-refractivity contribution in [1.29, 1.82) is 5.41 Å². The fourth-order valence-electron chi connectivity index (χ4n) is 2.94. The number of hydrogen-bond acceptors (Lipinski definition) is 4. The summed E-state index contributed by atoms with van der Waals surface area (Å²) in [7, 11) is -3.32. The molecule has 0 saturated carbocycles. The molecule has 0 radical (unpaired) electrons. The molecule has 1 aliphatic carbocycles. The molecule has 1 aliphatic rings. The summed E-state index contributed by atoms with van der Waals surface area (Å²) in [6.45, 7) is 1.88. The van der Waals surface area contributed by atoms with Crippen molar-refractivity contribution in [1.82, 2.24) is 3.97 Å². The van der Waals surface area contributed by atoms with Crippen LogP contribution < -0.4 is 0 Å². The van der Waals surface area contributed by atoms with Gasteiger partial charge in [-0.15, -0.1) is 11.3 Å². The van der Waals surface area contributed by atoms with E-state index in [2.05, 4.69) is 6.07 Å². The lowest BCUT2D eigenvalue weighted by Crippen LogP contribution is -2.22. The van der Waals surface area contributed by atoms with E-state index in [1.807, 2.05) is 18.4 Å². The summed E-state index contributed by atoms with van der Waals surface area (Å²) in [6.07, 6.45) is 4.22. The Kier molecular flexibility index (Phi) is 3.10. The minimum absolute atomic E-state index is 0.213. The highest BCUT2D eigenvalue weighted by atomic mass is 32.2. The highest BCUT2D eigenvalue weighted by molar-refractivity contribution is 7.89. The number of rotatable bonds is 2. The van der Waals surface area contributed by atoms with Crippen molar-refractivity contribution in [3.05, 3.63) is 45.4 Å². The minimum Gasteiger partial charge on any atom is -0.305 e. The Hall–Kier alpha value is -1.40. The summed E-state index contributed by atoms with van der Waals surface area (Å²) in [5.74, 6) is 0.213. The van der Waals surface area contributed by atoms with E-state index >= 15 is 0 Å². The first-order chi connectivity index (χ1) is 9.38. The van der Waals surface area contributed by atoms with Crippen molar-refractivity contribution in [2.45, 2.75) is 25.7 Å². The molecule has 0 bridgehead atoms. The fraction of sp³-hybridized carbons (Fsp3) is 0.357. The smallest absolute Gasteiger partial charge is 0.235 e. The Morgan fingerprint density at radius 3 is 2.75 bits per heavy atom. The minimum atomic E-state index is -3.32. The highest BCUT2D eigenvalue weighted by Crippen LogP contribution is 2.37. The van der Waals surface area contributed by atoms with E-state index in [1.165, 1.54) is 15.1 Å². The Labute approximate surface area is 122 Å².